The lowest BCUT2D eigenvalue weighted by Crippen LogP contribution is -2.31. The number of hydrogen-bond donors (Lipinski definition) is 1. The van der Waals surface area contributed by atoms with Crippen LogP contribution in [0.2, 0.25) is 0 Å². The molecule has 0 aromatic heterocycles. The van der Waals surface area contributed by atoms with Crippen molar-refractivity contribution < 1.29 is 0 Å². The van der Waals surface area contributed by atoms with Crippen LogP contribution in [0.1, 0.15) is 38.7 Å². The first-order valence-corrected chi connectivity index (χ1v) is 8.20. The lowest BCUT2D eigenvalue weighted by molar-refractivity contribution is 0.547. The van der Waals surface area contributed by atoms with Gasteiger partial charge in [-0.05, 0) is 55.5 Å². The smallest absolute Gasteiger partial charge is 0.0412 e. The van der Waals surface area contributed by atoms with Crippen molar-refractivity contribution in [1.82, 2.24) is 5.32 Å². The van der Waals surface area contributed by atoms with Crippen LogP contribution in [0, 0.1) is 5.92 Å². The molecule has 0 saturated carbocycles. The van der Waals surface area contributed by atoms with E-state index >= 15 is 0 Å². The molecule has 0 aliphatic carbocycles. The summed E-state index contributed by atoms with van der Waals surface area (Å²) >= 11 is 3.59. The van der Waals surface area contributed by atoms with E-state index < -0.39 is 0 Å². The zero-order valence-corrected chi connectivity index (χ0v) is 13.7. The van der Waals surface area contributed by atoms with Crippen LogP contribution in [0.3, 0.4) is 0 Å². The van der Waals surface area contributed by atoms with E-state index in [-0.39, 0.29) is 0 Å². The van der Waals surface area contributed by atoms with Gasteiger partial charge in [0.05, 0.1) is 0 Å². The van der Waals surface area contributed by atoms with E-state index in [0.29, 0.717) is 5.92 Å². The highest BCUT2D eigenvalue weighted by Crippen LogP contribution is 2.27. The fourth-order valence-corrected chi connectivity index (χ4v) is 3.04. The van der Waals surface area contributed by atoms with Gasteiger partial charge in [0.2, 0.25) is 0 Å². The summed E-state index contributed by atoms with van der Waals surface area (Å²) in [6.45, 7) is 8.95. The van der Waals surface area contributed by atoms with Gasteiger partial charge in [-0.3, -0.25) is 0 Å². The number of nitrogens with one attached hydrogen (secondary N) is 1. The van der Waals surface area contributed by atoms with Gasteiger partial charge < -0.3 is 10.2 Å². The molecule has 0 amide bonds. The van der Waals surface area contributed by atoms with Crippen LogP contribution in [-0.4, -0.2) is 19.6 Å². The number of hydrogen-bond acceptors (Lipinski definition) is 2. The molecular formula is C16H25BrN2. The van der Waals surface area contributed by atoms with Gasteiger partial charge in [-0.15, -0.1) is 0 Å². The Kier molecular flexibility index (Phi) is 5.71. The van der Waals surface area contributed by atoms with E-state index in [1.54, 1.807) is 0 Å². The third-order valence-corrected chi connectivity index (χ3v) is 4.10. The quantitative estimate of drug-likeness (QED) is 0.873. The first-order chi connectivity index (χ1) is 9.16. The molecule has 0 bridgehead atoms. The summed E-state index contributed by atoms with van der Waals surface area (Å²) in [7, 11) is 0. The minimum atomic E-state index is 0.700. The van der Waals surface area contributed by atoms with Crippen LogP contribution >= 0.6 is 15.9 Å². The number of rotatable bonds is 5. The Morgan fingerprint density at radius 3 is 2.63 bits per heavy atom. The lowest BCUT2D eigenvalue weighted by Gasteiger charge is -2.31. The van der Waals surface area contributed by atoms with Crippen LogP contribution in [0.5, 0.6) is 0 Å². The highest BCUT2D eigenvalue weighted by Gasteiger charge is 2.14. The first-order valence-electron chi connectivity index (χ1n) is 7.41. The maximum atomic E-state index is 3.59. The van der Waals surface area contributed by atoms with Gasteiger partial charge in [0.25, 0.3) is 0 Å². The summed E-state index contributed by atoms with van der Waals surface area (Å²) in [5.41, 5.74) is 2.83. The highest BCUT2D eigenvalue weighted by molar-refractivity contribution is 9.10. The van der Waals surface area contributed by atoms with Crippen LogP contribution < -0.4 is 10.2 Å². The molecule has 1 heterocycles. The third-order valence-electron chi connectivity index (χ3n) is 3.61. The maximum absolute atomic E-state index is 3.59. The average Bonchev–Trinajstić information content (AvgIpc) is 2.39. The second kappa shape index (κ2) is 7.30. The van der Waals surface area contributed by atoms with Crippen molar-refractivity contribution in [2.45, 2.75) is 39.7 Å². The number of anilines is 1. The van der Waals surface area contributed by atoms with Crippen molar-refractivity contribution in [3.05, 3.63) is 28.2 Å². The molecule has 0 spiro atoms. The zero-order chi connectivity index (χ0) is 13.7. The molecule has 3 heteroatoms. The predicted molar refractivity (Wildman–Crippen MR) is 86.8 cm³/mol. The summed E-state index contributed by atoms with van der Waals surface area (Å²) in [4.78, 5) is 2.54. The molecule has 2 nitrogen and oxygen atoms in total. The SMILES string of the molecule is CC(C)CNCc1cc(Br)ccc1N1CCCCC1. The number of piperidine rings is 1. The average molecular weight is 325 g/mol. The van der Waals surface area contributed by atoms with Crippen LogP contribution in [0.25, 0.3) is 0 Å². The van der Waals surface area contributed by atoms with E-state index in [1.807, 2.05) is 0 Å². The predicted octanol–water partition coefficient (Wildman–Crippen LogP) is 4.19. The van der Waals surface area contributed by atoms with E-state index in [4.69, 9.17) is 0 Å². The summed E-state index contributed by atoms with van der Waals surface area (Å²) in [5, 5.41) is 3.56. The van der Waals surface area contributed by atoms with Gasteiger partial charge in [-0.1, -0.05) is 29.8 Å². The second-order valence-corrected chi connectivity index (χ2v) is 6.76. The molecule has 1 aliphatic rings. The topological polar surface area (TPSA) is 15.3 Å². The van der Waals surface area contributed by atoms with Crippen molar-refractivity contribution in [1.29, 1.82) is 0 Å². The van der Waals surface area contributed by atoms with Gasteiger partial charge >= 0.3 is 0 Å². The molecule has 1 aliphatic heterocycles. The molecule has 2 rings (SSSR count). The van der Waals surface area contributed by atoms with Crippen molar-refractivity contribution >= 4 is 21.6 Å². The highest BCUT2D eigenvalue weighted by atomic mass is 79.9. The number of nitrogens with zero attached hydrogens (tertiary/aromatic N) is 1. The molecule has 1 aromatic carbocycles. The van der Waals surface area contributed by atoms with Gasteiger partial charge in [-0.2, -0.15) is 0 Å². The molecule has 1 N–H and O–H groups in total. The Morgan fingerprint density at radius 2 is 1.95 bits per heavy atom. The fourth-order valence-electron chi connectivity index (χ4n) is 2.63. The molecular weight excluding hydrogens is 300 g/mol. The molecule has 106 valence electrons. The minimum Gasteiger partial charge on any atom is -0.371 e. The minimum absolute atomic E-state index is 0.700. The Bertz CT molecular complexity index is 398. The molecule has 0 radical (unpaired) electrons. The summed E-state index contributed by atoms with van der Waals surface area (Å²) < 4.78 is 1.18. The third kappa shape index (κ3) is 4.50. The number of halogens is 1. The molecule has 1 aromatic rings. The molecule has 0 atom stereocenters. The van der Waals surface area contributed by atoms with Crippen molar-refractivity contribution in [3.63, 3.8) is 0 Å². The van der Waals surface area contributed by atoms with E-state index in [9.17, 15) is 0 Å². The van der Waals surface area contributed by atoms with E-state index in [1.165, 1.54) is 48.1 Å². The van der Waals surface area contributed by atoms with Crippen LogP contribution in [-0.2, 0) is 6.54 Å². The second-order valence-electron chi connectivity index (χ2n) is 5.85. The molecule has 1 fully saturated rings. The normalized spacial score (nSPS) is 16.1. The molecule has 0 unspecified atom stereocenters. The maximum Gasteiger partial charge on any atom is 0.0412 e. The van der Waals surface area contributed by atoms with Crippen molar-refractivity contribution in [3.8, 4) is 0 Å². The Labute approximate surface area is 125 Å². The largest absolute Gasteiger partial charge is 0.371 e. The van der Waals surface area contributed by atoms with Gasteiger partial charge in [0, 0.05) is 29.8 Å². The van der Waals surface area contributed by atoms with Gasteiger partial charge in [0.15, 0.2) is 0 Å². The lowest BCUT2D eigenvalue weighted by atomic mass is 10.1. The standard InChI is InChI=1S/C16H25BrN2/c1-13(2)11-18-12-14-10-15(17)6-7-16(14)19-8-4-3-5-9-19/h6-7,10,13,18H,3-5,8-9,11-12H2,1-2H3. The van der Waals surface area contributed by atoms with Crippen molar-refractivity contribution in [2.75, 3.05) is 24.5 Å². The van der Waals surface area contributed by atoms with E-state index in [2.05, 4.69) is 58.2 Å². The Morgan fingerprint density at radius 1 is 1.21 bits per heavy atom. The van der Waals surface area contributed by atoms with Gasteiger partial charge in [-0.25, -0.2) is 0 Å². The van der Waals surface area contributed by atoms with Crippen molar-refractivity contribution in [2.24, 2.45) is 5.92 Å². The Balaban J connectivity index is 2.08. The first kappa shape index (κ1) is 14.9. The van der Waals surface area contributed by atoms with Crippen LogP contribution in [0.4, 0.5) is 5.69 Å². The molecule has 19 heavy (non-hydrogen) atoms. The van der Waals surface area contributed by atoms with E-state index in [0.717, 1.165) is 13.1 Å². The van der Waals surface area contributed by atoms with Gasteiger partial charge in [0.1, 0.15) is 0 Å². The Hall–Kier alpha value is -0.540. The zero-order valence-electron chi connectivity index (χ0n) is 12.1. The summed E-state index contributed by atoms with van der Waals surface area (Å²) in [5.74, 6) is 0.700. The summed E-state index contributed by atoms with van der Waals surface area (Å²) in [6, 6.07) is 6.69. The fraction of sp³-hybridized carbons (Fsp3) is 0.625. The molecule has 1 saturated heterocycles. The monoisotopic (exact) mass is 324 g/mol. The number of benzene rings is 1. The van der Waals surface area contributed by atoms with Crippen LogP contribution in [0.15, 0.2) is 22.7 Å². The summed E-state index contributed by atoms with van der Waals surface area (Å²) in [6.07, 6.45) is 4.04.